The minimum Gasteiger partial charge on any atom is -0.300 e. The fourth-order valence-corrected chi connectivity index (χ4v) is 1.85. The summed E-state index contributed by atoms with van der Waals surface area (Å²) in [6, 6.07) is 0. The lowest BCUT2D eigenvalue weighted by molar-refractivity contribution is -0.330. The summed E-state index contributed by atoms with van der Waals surface area (Å²) in [5, 5.41) is 8.29. The van der Waals surface area contributed by atoms with Crippen molar-refractivity contribution in [3.63, 3.8) is 0 Å². The highest BCUT2D eigenvalue weighted by molar-refractivity contribution is 5.75. The summed E-state index contributed by atoms with van der Waals surface area (Å²) in [6.45, 7) is 20.9. The van der Waals surface area contributed by atoms with Crippen molar-refractivity contribution in [3.05, 3.63) is 0 Å². The molecule has 0 spiro atoms. The zero-order chi connectivity index (χ0) is 21.4. The van der Waals surface area contributed by atoms with Crippen LogP contribution in [0.15, 0.2) is 0 Å². The van der Waals surface area contributed by atoms with Crippen LogP contribution in [0, 0.1) is 16.2 Å². The molecule has 156 valence electrons. The van der Waals surface area contributed by atoms with Crippen molar-refractivity contribution in [2.24, 2.45) is 16.2 Å². The molecule has 0 atom stereocenters. The van der Waals surface area contributed by atoms with Gasteiger partial charge in [-0.3, -0.25) is 4.89 Å². The van der Waals surface area contributed by atoms with E-state index in [9.17, 15) is 9.59 Å². The van der Waals surface area contributed by atoms with Gasteiger partial charge in [-0.1, -0.05) is 34.1 Å². The molecule has 0 radical (unpaired) electrons. The first-order chi connectivity index (χ1) is 11.4. The van der Waals surface area contributed by atoms with E-state index in [-0.39, 0.29) is 11.4 Å². The van der Waals surface area contributed by atoms with Gasteiger partial charge in [-0.25, -0.2) is 9.59 Å². The van der Waals surface area contributed by atoms with Gasteiger partial charge in [0, 0.05) is 0 Å². The van der Waals surface area contributed by atoms with Crippen molar-refractivity contribution in [3.8, 4) is 0 Å². The van der Waals surface area contributed by atoms with Gasteiger partial charge in [0.05, 0.1) is 10.8 Å². The molecule has 0 aliphatic rings. The van der Waals surface area contributed by atoms with E-state index < -0.39 is 22.4 Å². The van der Waals surface area contributed by atoms with Gasteiger partial charge in [-0.15, -0.1) is 0 Å². The Bertz CT molecular complexity index is 442. The first-order valence-electron chi connectivity index (χ1n) is 9.20. The quantitative estimate of drug-likeness (QED) is 0.463. The van der Waals surface area contributed by atoms with Gasteiger partial charge in [0.2, 0.25) is 0 Å². The van der Waals surface area contributed by atoms with Crippen molar-refractivity contribution in [2.45, 2.75) is 101 Å². The van der Waals surface area contributed by atoms with E-state index in [4.69, 9.17) is 15.0 Å². The summed E-state index contributed by atoms with van der Waals surface area (Å²) in [6.07, 6.45) is 2.50. The Labute approximate surface area is 159 Å². The van der Waals surface area contributed by atoms with Crippen LogP contribution in [-0.4, -0.2) is 22.8 Å². The predicted octanol–water partition coefficient (Wildman–Crippen LogP) is 5.55. The van der Waals surface area contributed by atoms with Gasteiger partial charge >= 0.3 is 11.9 Å². The molecule has 0 aromatic rings. The first kappa shape index (κ1) is 27.1. The van der Waals surface area contributed by atoms with Crippen molar-refractivity contribution in [1.82, 2.24) is 0 Å². The van der Waals surface area contributed by atoms with Gasteiger partial charge in [-0.05, 0) is 66.7 Å². The van der Waals surface area contributed by atoms with E-state index in [1.165, 1.54) is 0 Å². The Morgan fingerprint density at radius 2 is 1.27 bits per heavy atom. The van der Waals surface area contributed by atoms with Gasteiger partial charge in [-0.2, -0.15) is 10.1 Å². The van der Waals surface area contributed by atoms with E-state index in [0.29, 0.717) is 6.42 Å². The highest BCUT2D eigenvalue weighted by Crippen LogP contribution is 2.36. The fraction of sp³-hybridized carbons (Fsp3) is 0.900. The Morgan fingerprint density at radius 3 is 1.58 bits per heavy atom. The zero-order valence-corrected chi connectivity index (χ0v) is 18.6. The highest BCUT2D eigenvalue weighted by Gasteiger charge is 2.35. The molecule has 1 N–H and O–H groups in total. The average molecular weight is 377 g/mol. The molecule has 0 aromatic heterocycles. The third-order valence-electron chi connectivity index (χ3n) is 4.32. The van der Waals surface area contributed by atoms with Crippen LogP contribution in [0.25, 0.3) is 0 Å². The third kappa shape index (κ3) is 11.5. The topological polar surface area (TPSA) is 82.1 Å². The van der Waals surface area contributed by atoms with E-state index in [1.807, 2.05) is 20.8 Å². The molecule has 0 heterocycles. The minimum atomic E-state index is -0.617. The monoisotopic (exact) mass is 376 g/mol. The van der Waals surface area contributed by atoms with Crippen LogP contribution in [-0.2, 0) is 24.3 Å². The lowest BCUT2D eigenvalue weighted by Gasteiger charge is -2.31. The molecule has 0 saturated carbocycles. The number of hydrogen-bond acceptors (Lipinski definition) is 6. The predicted molar refractivity (Wildman–Crippen MR) is 102 cm³/mol. The fourth-order valence-electron chi connectivity index (χ4n) is 1.85. The smallest absolute Gasteiger partial charge is 0.300 e. The van der Waals surface area contributed by atoms with Crippen LogP contribution in [0.3, 0.4) is 0 Å². The third-order valence-corrected chi connectivity index (χ3v) is 4.32. The van der Waals surface area contributed by atoms with Crippen LogP contribution in [0.2, 0.25) is 0 Å². The summed E-state index contributed by atoms with van der Waals surface area (Å²) in [7, 11) is 0. The minimum absolute atomic E-state index is 0.0949. The lowest BCUT2D eigenvalue weighted by atomic mass is 9.74. The molecule has 0 aliphatic heterocycles. The molecule has 6 nitrogen and oxygen atoms in total. The maximum Gasteiger partial charge on any atom is 0.347 e. The summed E-state index contributed by atoms with van der Waals surface area (Å²) in [4.78, 5) is 35.9. The maximum absolute atomic E-state index is 11.3. The van der Waals surface area contributed by atoms with E-state index >= 15 is 0 Å². The van der Waals surface area contributed by atoms with Crippen molar-refractivity contribution >= 4 is 11.9 Å². The summed E-state index contributed by atoms with van der Waals surface area (Å²) < 4.78 is 0. The molecule has 0 amide bonds. The van der Waals surface area contributed by atoms with E-state index in [0.717, 1.165) is 12.8 Å². The van der Waals surface area contributed by atoms with Crippen molar-refractivity contribution < 1.29 is 29.5 Å². The van der Waals surface area contributed by atoms with Gasteiger partial charge in [0.15, 0.2) is 0 Å². The molecule has 0 aliphatic carbocycles. The second kappa shape index (κ2) is 10.3. The van der Waals surface area contributed by atoms with Gasteiger partial charge in [0.1, 0.15) is 5.60 Å². The largest absolute Gasteiger partial charge is 0.347 e. The summed E-state index contributed by atoms with van der Waals surface area (Å²) in [5.41, 5.74) is -1.43. The van der Waals surface area contributed by atoms with Gasteiger partial charge < -0.3 is 4.89 Å². The van der Waals surface area contributed by atoms with Crippen LogP contribution in [0.4, 0.5) is 0 Å². The van der Waals surface area contributed by atoms with E-state index in [1.54, 1.807) is 34.6 Å². The summed E-state index contributed by atoms with van der Waals surface area (Å²) in [5.74, 6) is -0.900. The number of carbonyl (C=O) groups excluding carboxylic acids is 2. The van der Waals surface area contributed by atoms with Crippen LogP contribution in [0.5, 0.6) is 0 Å². The molecule has 0 rings (SSSR count). The molecular weight excluding hydrogens is 336 g/mol. The number of hydrogen-bond donors (Lipinski definition) is 1. The lowest BCUT2D eigenvalue weighted by Crippen LogP contribution is -2.31. The van der Waals surface area contributed by atoms with E-state index in [2.05, 4.69) is 25.7 Å². The average Bonchev–Trinajstić information content (AvgIpc) is 2.50. The zero-order valence-electron chi connectivity index (χ0n) is 18.6. The normalized spacial score (nSPS) is 12.8. The van der Waals surface area contributed by atoms with Gasteiger partial charge in [0.25, 0.3) is 0 Å². The SMILES string of the molecule is CCC(C)(C)CC(C)(C)C(=O)OO.CCC(C)(C)OOC(=O)C(C)(C)C. The van der Waals surface area contributed by atoms with Crippen molar-refractivity contribution in [1.29, 1.82) is 0 Å². The second-order valence-corrected chi connectivity index (χ2v) is 9.77. The Balaban J connectivity index is 0. The molecule has 6 heteroatoms. The summed E-state index contributed by atoms with van der Waals surface area (Å²) >= 11 is 0. The second-order valence-electron chi connectivity index (χ2n) is 9.77. The Morgan fingerprint density at radius 1 is 0.808 bits per heavy atom. The standard InChI is InChI=1S/2C10H20O3/c1-7-10(5,6)13-12-8(11)9(2,3)4;1-6-9(2,3)7-10(4,5)8(11)13-12/h7H2,1-6H3;12H,6-7H2,1-5H3. The first-order valence-corrected chi connectivity index (χ1v) is 9.20. The molecule has 0 aromatic carbocycles. The molecule has 0 unspecified atom stereocenters. The highest BCUT2D eigenvalue weighted by atomic mass is 17.2. The molecule has 0 saturated heterocycles. The van der Waals surface area contributed by atoms with Crippen molar-refractivity contribution in [2.75, 3.05) is 0 Å². The molecular formula is C20H40O6. The van der Waals surface area contributed by atoms with Crippen LogP contribution < -0.4 is 0 Å². The number of rotatable bonds is 7. The van der Waals surface area contributed by atoms with Crippen LogP contribution >= 0.6 is 0 Å². The Hall–Kier alpha value is -1.14. The van der Waals surface area contributed by atoms with Crippen LogP contribution in [0.1, 0.15) is 95.4 Å². The molecule has 0 fully saturated rings. The molecule has 0 bridgehead atoms. The Kier molecular flexibility index (Phi) is 10.7. The number of carbonyl (C=O) groups is 2. The molecule has 26 heavy (non-hydrogen) atoms. The maximum atomic E-state index is 11.3.